The van der Waals surface area contributed by atoms with Crippen LogP contribution in [0, 0.1) is 6.92 Å². The van der Waals surface area contributed by atoms with Gasteiger partial charge in [0.1, 0.15) is 5.82 Å². The fraction of sp³-hybridized carbons (Fsp3) is 0.727. The van der Waals surface area contributed by atoms with E-state index in [9.17, 15) is 8.42 Å². The van der Waals surface area contributed by atoms with E-state index >= 15 is 0 Å². The lowest BCUT2D eigenvalue weighted by atomic mass is 10.4. The number of hydrogen-bond acceptors (Lipinski definition) is 4. The summed E-state index contributed by atoms with van der Waals surface area (Å²) in [6.45, 7) is 8.95. The summed E-state index contributed by atoms with van der Waals surface area (Å²) in [5.41, 5.74) is 0. The van der Waals surface area contributed by atoms with E-state index in [2.05, 4.69) is 33.4 Å². The third-order valence-electron chi connectivity index (χ3n) is 2.68. The van der Waals surface area contributed by atoms with Crippen molar-refractivity contribution >= 4 is 10.0 Å². The SMILES string of the molecule is CCCN(CC)CCNS(=O)(=O)c1cnc(C)[nH]1. The maximum Gasteiger partial charge on any atom is 0.257 e. The molecule has 0 radical (unpaired) electrons. The second-order valence-corrected chi connectivity index (χ2v) is 5.90. The van der Waals surface area contributed by atoms with Crippen LogP contribution in [0.3, 0.4) is 0 Å². The molecule has 0 aliphatic rings. The van der Waals surface area contributed by atoms with Gasteiger partial charge in [0.25, 0.3) is 10.0 Å². The lowest BCUT2D eigenvalue weighted by Crippen LogP contribution is -2.35. The molecule has 7 heteroatoms. The molecule has 1 aromatic heterocycles. The number of rotatable bonds is 8. The maximum absolute atomic E-state index is 11.9. The normalized spacial score (nSPS) is 12.2. The molecule has 0 fully saturated rings. The third-order valence-corrected chi connectivity index (χ3v) is 4.05. The molecule has 0 atom stereocenters. The van der Waals surface area contributed by atoms with Crippen LogP contribution in [0.15, 0.2) is 11.2 Å². The van der Waals surface area contributed by atoms with Crippen LogP contribution in [0.4, 0.5) is 0 Å². The van der Waals surface area contributed by atoms with Gasteiger partial charge in [-0.25, -0.2) is 18.1 Å². The van der Waals surface area contributed by atoms with E-state index in [0.29, 0.717) is 12.4 Å². The number of hydrogen-bond donors (Lipinski definition) is 2. The van der Waals surface area contributed by atoms with Crippen molar-refractivity contribution in [3.05, 3.63) is 12.0 Å². The van der Waals surface area contributed by atoms with Crippen molar-refractivity contribution in [2.45, 2.75) is 32.2 Å². The zero-order valence-corrected chi connectivity index (χ0v) is 12.0. The second-order valence-electron chi connectivity index (χ2n) is 4.16. The summed E-state index contributed by atoms with van der Waals surface area (Å²) in [7, 11) is -3.45. The monoisotopic (exact) mass is 274 g/mol. The third kappa shape index (κ3) is 4.40. The average Bonchev–Trinajstić information content (AvgIpc) is 2.75. The molecule has 6 nitrogen and oxygen atoms in total. The van der Waals surface area contributed by atoms with E-state index in [1.54, 1.807) is 6.92 Å². The molecular formula is C11H22N4O2S. The zero-order valence-electron chi connectivity index (χ0n) is 11.2. The molecule has 0 amide bonds. The van der Waals surface area contributed by atoms with E-state index in [-0.39, 0.29) is 5.03 Å². The number of aryl methyl sites for hydroxylation is 1. The number of imidazole rings is 1. The largest absolute Gasteiger partial charge is 0.332 e. The highest BCUT2D eigenvalue weighted by Crippen LogP contribution is 2.04. The molecule has 0 saturated carbocycles. The predicted molar refractivity (Wildman–Crippen MR) is 70.9 cm³/mol. The van der Waals surface area contributed by atoms with Crippen molar-refractivity contribution in [3.63, 3.8) is 0 Å². The number of sulfonamides is 1. The van der Waals surface area contributed by atoms with Crippen LogP contribution in [0.1, 0.15) is 26.1 Å². The number of H-pyrrole nitrogens is 1. The first kappa shape index (κ1) is 15.1. The van der Waals surface area contributed by atoms with Crippen molar-refractivity contribution in [2.24, 2.45) is 0 Å². The van der Waals surface area contributed by atoms with Crippen LogP contribution >= 0.6 is 0 Å². The van der Waals surface area contributed by atoms with E-state index in [1.165, 1.54) is 6.20 Å². The summed E-state index contributed by atoms with van der Waals surface area (Å²) < 4.78 is 26.3. The minimum atomic E-state index is -3.45. The summed E-state index contributed by atoms with van der Waals surface area (Å²) in [5, 5.41) is 0.124. The van der Waals surface area contributed by atoms with Crippen LogP contribution in [0.2, 0.25) is 0 Å². The molecule has 0 aliphatic carbocycles. The van der Waals surface area contributed by atoms with Crippen molar-refractivity contribution in [3.8, 4) is 0 Å². The van der Waals surface area contributed by atoms with E-state index in [1.807, 2.05) is 0 Å². The Morgan fingerprint density at radius 2 is 2.11 bits per heavy atom. The lowest BCUT2D eigenvalue weighted by molar-refractivity contribution is 0.293. The van der Waals surface area contributed by atoms with Crippen LogP contribution in [0.5, 0.6) is 0 Å². The number of aromatic amines is 1. The second kappa shape index (κ2) is 6.86. The van der Waals surface area contributed by atoms with Gasteiger partial charge in [-0.1, -0.05) is 13.8 Å². The predicted octanol–water partition coefficient (Wildman–Crippen LogP) is 0.728. The Hall–Kier alpha value is -0.920. The first-order valence-corrected chi connectivity index (χ1v) is 7.71. The Morgan fingerprint density at radius 1 is 1.39 bits per heavy atom. The van der Waals surface area contributed by atoms with Crippen molar-refractivity contribution < 1.29 is 8.42 Å². The van der Waals surface area contributed by atoms with Crippen molar-refractivity contribution in [1.82, 2.24) is 19.6 Å². The molecule has 0 aliphatic heterocycles. The Labute approximate surface area is 109 Å². The Kier molecular flexibility index (Phi) is 5.77. The van der Waals surface area contributed by atoms with Gasteiger partial charge < -0.3 is 9.88 Å². The van der Waals surface area contributed by atoms with Crippen molar-refractivity contribution in [1.29, 1.82) is 0 Å². The molecule has 0 aromatic carbocycles. The average molecular weight is 274 g/mol. The molecule has 0 saturated heterocycles. The first-order chi connectivity index (χ1) is 8.49. The molecule has 1 heterocycles. The highest BCUT2D eigenvalue weighted by atomic mass is 32.2. The summed E-state index contributed by atoms with van der Waals surface area (Å²) >= 11 is 0. The highest BCUT2D eigenvalue weighted by Gasteiger charge is 2.15. The van der Waals surface area contributed by atoms with Gasteiger partial charge in [-0.05, 0) is 26.4 Å². The van der Waals surface area contributed by atoms with Gasteiger partial charge in [0.15, 0.2) is 5.03 Å². The number of nitrogens with zero attached hydrogens (tertiary/aromatic N) is 2. The molecule has 0 bridgehead atoms. The van der Waals surface area contributed by atoms with Gasteiger partial charge in [-0.3, -0.25) is 0 Å². The van der Waals surface area contributed by atoms with Crippen molar-refractivity contribution in [2.75, 3.05) is 26.2 Å². The molecular weight excluding hydrogens is 252 g/mol. The minimum Gasteiger partial charge on any atom is -0.332 e. The first-order valence-electron chi connectivity index (χ1n) is 6.23. The number of nitrogens with one attached hydrogen (secondary N) is 2. The van der Waals surface area contributed by atoms with Gasteiger partial charge in [0.2, 0.25) is 0 Å². The molecule has 0 unspecified atom stereocenters. The molecule has 2 N–H and O–H groups in total. The quantitative estimate of drug-likeness (QED) is 0.732. The smallest absolute Gasteiger partial charge is 0.257 e. The summed E-state index contributed by atoms with van der Waals surface area (Å²) in [4.78, 5) is 8.81. The summed E-state index contributed by atoms with van der Waals surface area (Å²) in [6.07, 6.45) is 2.40. The minimum absolute atomic E-state index is 0.124. The Bertz CT molecular complexity index is 455. The van der Waals surface area contributed by atoms with Gasteiger partial charge in [0, 0.05) is 13.1 Å². The van der Waals surface area contributed by atoms with E-state index in [4.69, 9.17) is 0 Å². The maximum atomic E-state index is 11.9. The van der Waals surface area contributed by atoms with Crippen LogP contribution < -0.4 is 4.72 Å². The topological polar surface area (TPSA) is 78.1 Å². The molecule has 1 rings (SSSR count). The Morgan fingerprint density at radius 3 is 2.61 bits per heavy atom. The molecule has 0 spiro atoms. The molecule has 1 aromatic rings. The number of likely N-dealkylation sites (N-methyl/N-ethyl adjacent to an activating group) is 1. The van der Waals surface area contributed by atoms with Gasteiger partial charge in [-0.2, -0.15) is 0 Å². The molecule has 104 valence electrons. The highest BCUT2D eigenvalue weighted by molar-refractivity contribution is 7.89. The Balaban J connectivity index is 2.47. The van der Waals surface area contributed by atoms with Gasteiger partial charge in [0.05, 0.1) is 6.20 Å². The molecule has 18 heavy (non-hydrogen) atoms. The van der Waals surface area contributed by atoms with Gasteiger partial charge >= 0.3 is 0 Å². The summed E-state index contributed by atoms with van der Waals surface area (Å²) in [5.74, 6) is 0.594. The van der Waals surface area contributed by atoms with Crippen LogP contribution in [0.25, 0.3) is 0 Å². The number of aromatic nitrogens is 2. The summed E-state index contributed by atoms with van der Waals surface area (Å²) in [6, 6.07) is 0. The zero-order chi connectivity index (χ0) is 13.6. The fourth-order valence-electron chi connectivity index (χ4n) is 1.69. The van der Waals surface area contributed by atoms with Crippen LogP contribution in [-0.2, 0) is 10.0 Å². The van der Waals surface area contributed by atoms with Crippen LogP contribution in [-0.4, -0.2) is 49.5 Å². The van der Waals surface area contributed by atoms with Gasteiger partial charge in [-0.15, -0.1) is 0 Å². The van der Waals surface area contributed by atoms with E-state index in [0.717, 1.165) is 26.1 Å². The van der Waals surface area contributed by atoms with E-state index < -0.39 is 10.0 Å². The lowest BCUT2D eigenvalue weighted by Gasteiger charge is -2.19. The fourth-order valence-corrected chi connectivity index (χ4v) is 2.68. The standard InChI is InChI=1S/C11H22N4O2S/c1-4-7-15(5-2)8-6-13-18(16,17)11-9-12-10(3)14-11/h9,13H,4-8H2,1-3H3,(H,12,14).